The molecule has 15 heavy (non-hydrogen) atoms. The third kappa shape index (κ3) is 2.69. The highest BCUT2D eigenvalue weighted by atomic mass is 19.1. The molecule has 1 rings (SSSR count). The van der Waals surface area contributed by atoms with Crippen LogP contribution in [0.4, 0.5) is 4.39 Å². The molecular formula is C12H18FNO. The predicted molar refractivity (Wildman–Crippen MR) is 59.2 cm³/mol. The number of aromatic hydroxyl groups is 1. The van der Waals surface area contributed by atoms with E-state index < -0.39 is 5.82 Å². The number of hydrogen-bond acceptors (Lipinski definition) is 2. The number of rotatable bonds is 3. The van der Waals surface area contributed by atoms with E-state index in [9.17, 15) is 9.50 Å². The Bertz CT molecular complexity index is 350. The number of nitrogens with two attached hydrogens (primary N) is 1. The molecule has 0 aromatic heterocycles. The third-order valence-corrected chi connectivity index (χ3v) is 2.47. The Morgan fingerprint density at radius 1 is 1.40 bits per heavy atom. The topological polar surface area (TPSA) is 46.2 Å². The second kappa shape index (κ2) is 4.62. The SMILES string of the molecule is Cc1ccc([C@@H](N)CC(C)C)c(O)c1F. The zero-order valence-electron chi connectivity index (χ0n) is 9.42. The lowest BCUT2D eigenvalue weighted by Crippen LogP contribution is -2.13. The molecule has 1 atom stereocenters. The first kappa shape index (κ1) is 12.0. The molecule has 1 aromatic carbocycles. The molecule has 1 aromatic rings. The Labute approximate surface area is 89.9 Å². The first-order valence-electron chi connectivity index (χ1n) is 5.17. The van der Waals surface area contributed by atoms with Gasteiger partial charge in [-0.3, -0.25) is 0 Å². The molecule has 0 aliphatic rings. The molecule has 84 valence electrons. The lowest BCUT2D eigenvalue weighted by Gasteiger charge is -2.16. The van der Waals surface area contributed by atoms with Crippen LogP contribution in [-0.4, -0.2) is 5.11 Å². The van der Waals surface area contributed by atoms with Gasteiger partial charge >= 0.3 is 0 Å². The van der Waals surface area contributed by atoms with E-state index in [1.54, 1.807) is 19.1 Å². The average molecular weight is 211 g/mol. The lowest BCUT2D eigenvalue weighted by atomic mass is 9.96. The van der Waals surface area contributed by atoms with Crippen molar-refractivity contribution in [1.29, 1.82) is 0 Å². The molecular weight excluding hydrogens is 193 g/mol. The summed E-state index contributed by atoms with van der Waals surface area (Å²) in [5, 5.41) is 9.61. The maximum atomic E-state index is 13.4. The lowest BCUT2D eigenvalue weighted by molar-refractivity contribution is 0.409. The average Bonchev–Trinajstić information content (AvgIpc) is 2.13. The van der Waals surface area contributed by atoms with Crippen LogP contribution in [0.2, 0.25) is 0 Å². The van der Waals surface area contributed by atoms with Gasteiger partial charge in [-0.1, -0.05) is 26.0 Å². The molecule has 0 heterocycles. The smallest absolute Gasteiger partial charge is 0.168 e. The molecule has 0 fully saturated rings. The molecule has 2 nitrogen and oxygen atoms in total. The van der Waals surface area contributed by atoms with Crippen molar-refractivity contribution in [3.05, 3.63) is 29.1 Å². The summed E-state index contributed by atoms with van der Waals surface area (Å²) >= 11 is 0. The van der Waals surface area contributed by atoms with Crippen molar-refractivity contribution in [3.63, 3.8) is 0 Å². The van der Waals surface area contributed by atoms with Crippen LogP contribution in [0.15, 0.2) is 12.1 Å². The molecule has 3 heteroatoms. The molecule has 0 spiro atoms. The van der Waals surface area contributed by atoms with Gasteiger partial charge in [-0.2, -0.15) is 0 Å². The predicted octanol–water partition coefficient (Wildman–Crippen LogP) is 2.89. The van der Waals surface area contributed by atoms with Gasteiger partial charge < -0.3 is 10.8 Å². The van der Waals surface area contributed by atoms with Gasteiger partial charge in [-0.25, -0.2) is 4.39 Å². The van der Waals surface area contributed by atoms with Crippen LogP contribution in [0, 0.1) is 18.7 Å². The van der Waals surface area contributed by atoms with E-state index in [0.717, 1.165) is 6.42 Å². The van der Waals surface area contributed by atoms with E-state index in [0.29, 0.717) is 17.0 Å². The summed E-state index contributed by atoms with van der Waals surface area (Å²) in [6.07, 6.45) is 0.732. The van der Waals surface area contributed by atoms with Crippen LogP contribution < -0.4 is 5.73 Å². The van der Waals surface area contributed by atoms with Gasteiger partial charge in [0, 0.05) is 11.6 Å². The summed E-state index contributed by atoms with van der Waals surface area (Å²) in [6.45, 7) is 5.70. The van der Waals surface area contributed by atoms with Crippen molar-refractivity contribution in [2.24, 2.45) is 11.7 Å². The molecule has 3 N–H and O–H groups in total. The summed E-state index contributed by atoms with van der Waals surface area (Å²) < 4.78 is 13.4. The van der Waals surface area contributed by atoms with Crippen LogP contribution in [-0.2, 0) is 0 Å². The van der Waals surface area contributed by atoms with Gasteiger partial charge in [-0.15, -0.1) is 0 Å². The Morgan fingerprint density at radius 2 is 2.00 bits per heavy atom. The molecule has 0 saturated heterocycles. The normalized spacial score (nSPS) is 13.2. The van der Waals surface area contributed by atoms with Crippen molar-refractivity contribution in [1.82, 2.24) is 0 Å². The largest absolute Gasteiger partial charge is 0.505 e. The number of hydrogen-bond donors (Lipinski definition) is 2. The highest BCUT2D eigenvalue weighted by Gasteiger charge is 2.16. The maximum absolute atomic E-state index is 13.4. The molecule has 0 saturated carbocycles. The van der Waals surface area contributed by atoms with Crippen molar-refractivity contribution >= 4 is 0 Å². The van der Waals surface area contributed by atoms with Gasteiger partial charge in [0.2, 0.25) is 0 Å². The number of aryl methyl sites for hydroxylation is 1. The van der Waals surface area contributed by atoms with Crippen molar-refractivity contribution < 1.29 is 9.50 Å². The zero-order chi connectivity index (χ0) is 11.6. The minimum absolute atomic E-state index is 0.303. The maximum Gasteiger partial charge on any atom is 0.168 e. The summed E-state index contributed by atoms with van der Waals surface area (Å²) in [4.78, 5) is 0. The molecule has 0 aliphatic heterocycles. The Kier molecular flexibility index (Phi) is 3.69. The van der Waals surface area contributed by atoms with Crippen LogP contribution in [0.3, 0.4) is 0 Å². The van der Waals surface area contributed by atoms with Crippen LogP contribution in [0.1, 0.15) is 37.4 Å². The standard InChI is InChI=1S/C12H18FNO/c1-7(2)6-10(14)9-5-4-8(3)11(13)12(9)15/h4-5,7,10,15H,6,14H2,1-3H3/t10-/m0/s1. The molecule has 0 aliphatic carbocycles. The van der Waals surface area contributed by atoms with Gasteiger partial charge in [0.1, 0.15) is 0 Å². The van der Waals surface area contributed by atoms with Crippen molar-refractivity contribution in [2.75, 3.05) is 0 Å². The van der Waals surface area contributed by atoms with Crippen LogP contribution in [0.25, 0.3) is 0 Å². The first-order valence-corrected chi connectivity index (χ1v) is 5.17. The monoisotopic (exact) mass is 211 g/mol. The zero-order valence-corrected chi connectivity index (χ0v) is 9.42. The fourth-order valence-corrected chi connectivity index (χ4v) is 1.61. The van der Waals surface area contributed by atoms with E-state index >= 15 is 0 Å². The highest BCUT2D eigenvalue weighted by Crippen LogP contribution is 2.30. The minimum Gasteiger partial charge on any atom is -0.505 e. The van der Waals surface area contributed by atoms with E-state index in [1.165, 1.54) is 0 Å². The van der Waals surface area contributed by atoms with Gasteiger partial charge in [-0.05, 0) is 24.8 Å². The highest BCUT2D eigenvalue weighted by molar-refractivity contribution is 5.39. The third-order valence-electron chi connectivity index (χ3n) is 2.47. The quantitative estimate of drug-likeness (QED) is 0.807. The summed E-state index contributed by atoms with van der Waals surface area (Å²) in [7, 11) is 0. The molecule has 0 amide bonds. The van der Waals surface area contributed by atoms with E-state index in [1.807, 2.05) is 13.8 Å². The van der Waals surface area contributed by atoms with Gasteiger partial charge in [0.25, 0.3) is 0 Å². The minimum atomic E-state index is -0.563. The van der Waals surface area contributed by atoms with Gasteiger partial charge in [0.15, 0.2) is 11.6 Å². The van der Waals surface area contributed by atoms with E-state index in [-0.39, 0.29) is 11.8 Å². The van der Waals surface area contributed by atoms with E-state index in [4.69, 9.17) is 5.73 Å². The number of benzene rings is 1. The Morgan fingerprint density at radius 3 is 2.53 bits per heavy atom. The van der Waals surface area contributed by atoms with Crippen molar-refractivity contribution in [2.45, 2.75) is 33.2 Å². The number of halogens is 1. The fourth-order valence-electron chi connectivity index (χ4n) is 1.61. The first-order chi connectivity index (χ1) is 6.93. The fraction of sp³-hybridized carbons (Fsp3) is 0.500. The summed E-state index contributed by atoms with van der Waals surface area (Å²) in [6, 6.07) is 3.03. The summed E-state index contributed by atoms with van der Waals surface area (Å²) in [5.41, 5.74) is 6.82. The second-order valence-corrected chi connectivity index (χ2v) is 4.37. The Balaban J connectivity index is 3.00. The van der Waals surface area contributed by atoms with Crippen LogP contribution in [0.5, 0.6) is 5.75 Å². The summed E-state index contributed by atoms with van der Waals surface area (Å²) in [5.74, 6) is -0.446. The second-order valence-electron chi connectivity index (χ2n) is 4.37. The number of phenols is 1. The van der Waals surface area contributed by atoms with Crippen molar-refractivity contribution in [3.8, 4) is 5.75 Å². The molecule has 0 bridgehead atoms. The number of phenolic OH excluding ortho intramolecular Hbond substituents is 1. The molecule has 0 radical (unpaired) electrons. The van der Waals surface area contributed by atoms with Gasteiger partial charge in [0.05, 0.1) is 0 Å². The molecule has 0 unspecified atom stereocenters. The van der Waals surface area contributed by atoms with Crippen LogP contribution >= 0.6 is 0 Å². The van der Waals surface area contributed by atoms with E-state index in [2.05, 4.69) is 0 Å². The Hall–Kier alpha value is -1.09.